The summed E-state index contributed by atoms with van der Waals surface area (Å²) in [5, 5.41) is 8.47. The van der Waals surface area contributed by atoms with Gasteiger partial charge in [-0.1, -0.05) is 0 Å². The molecule has 3 aromatic heterocycles. The number of likely N-dealkylation sites (tertiary alicyclic amines) is 1. The number of piperidine rings is 1. The van der Waals surface area contributed by atoms with Crippen molar-refractivity contribution in [2.45, 2.75) is 52.6 Å². The van der Waals surface area contributed by atoms with Crippen molar-refractivity contribution in [1.29, 1.82) is 0 Å². The summed E-state index contributed by atoms with van der Waals surface area (Å²) < 4.78 is 1.87. The maximum absolute atomic E-state index is 13.4. The fourth-order valence-electron chi connectivity index (χ4n) is 4.33. The van der Waals surface area contributed by atoms with Gasteiger partial charge in [0, 0.05) is 40.5 Å². The van der Waals surface area contributed by atoms with Gasteiger partial charge in [0.1, 0.15) is 0 Å². The molecule has 3 N–H and O–H groups in total. The molecule has 0 unspecified atom stereocenters. The molecule has 3 aromatic rings. The number of aromatic nitrogens is 3. The van der Waals surface area contributed by atoms with E-state index in [4.69, 9.17) is 10.7 Å². The second-order valence-corrected chi connectivity index (χ2v) is 10.3. The largest absolute Gasteiger partial charge is 0.369 e. The predicted octanol–water partition coefficient (Wildman–Crippen LogP) is 3.04. The number of hydrogen-bond acceptors (Lipinski definition) is 6. The quantitative estimate of drug-likeness (QED) is 0.595. The van der Waals surface area contributed by atoms with Crippen molar-refractivity contribution in [3.8, 4) is 11.3 Å². The van der Waals surface area contributed by atoms with Crippen molar-refractivity contribution in [2.75, 3.05) is 19.6 Å². The Hall–Kier alpha value is -2.78. The minimum Gasteiger partial charge on any atom is -0.369 e. The minimum atomic E-state index is -0.319. The Morgan fingerprint density at radius 1 is 1.25 bits per heavy atom. The van der Waals surface area contributed by atoms with Gasteiger partial charge >= 0.3 is 0 Å². The van der Waals surface area contributed by atoms with Crippen LogP contribution >= 0.6 is 11.3 Å². The number of primary amides is 1. The molecule has 1 fully saturated rings. The molecule has 0 aliphatic carbocycles. The van der Waals surface area contributed by atoms with E-state index in [1.165, 1.54) is 9.75 Å². The molecular formula is C23H30N6O2S. The van der Waals surface area contributed by atoms with E-state index in [-0.39, 0.29) is 30.4 Å². The maximum atomic E-state index is 13.4. The molecule has 1 saturated heterocycles. The lowest BCUT2D eigenvalue weighted by atomic mass is 10.0. The van der Waals surface area contributed by atoms with E-state index in [0.29, 0.717) is 5.56 Å². The minimum absolute atomic E-state index is 0.0589. The van der Waals surface area contributed by atoms with Crippen LogP contribution in [0.15, 0.2) is 18.3 Å². The first-order chi connectivity index (χ1) is 15.2. The molecule has 32 heavy (non-hydrogen) atoms. The van der Waals surface area contributed by atoms with Crippen LogP contribution in [-0.4, -0.2) is 57.2 Å². The molecule has 170 valence electrons. The Morgan fingerprint density at radius 2 is 1.97 bits per heavy atom. The van der Waals surface area contributed by atoms with Crippen LogP contribution in [0.1, 0.15) is 52.8 Å². The number of hydrogen-bond donors (Lipinski definition) is 2. The van der Waals surface area contributed by atoms with Gasteiger partial charge in [-0.15, -0.1) is 11.3 Å². The molecule has 0 saturated carbocycles. The Labute approximate surface area is 191 Å². The average Bonchev–Trinajstić information content (AvgIpc) is 3.30. The van der Waals surface area contributed by atoms with Crippen LogP contribution in [0.25, 0.3) is 22.3 Å². The molecule has 8 nitrogen and oxygen atoms in total. The lowest BCUT2D eigenvalue weighted by Gasteiger charge is -2.31. The van der Waals surface area contributed by atoms with Crippen LogP contribution in [0.5, 0.6) is 0 Å². The summed E-state index contributed by atoms with van der Waals surface area (Å²) in [6.45, 7) is 10.0. The number of amides is 2. The van der Waals surface area contributed by atoms with E-state index in [1.807, 2.05) is 15.6 Å². The molecule has 0 aromatic carbocycles. The Balaban J connectivity index is 1.65. The van der Waals surface area contributed by atoms with Gasteiger partial charge in [-0.25, -0.2) is 9.67 Å². The molecular weight excluding hydrogens is 424 g/mol. The summed E-state index contributed by atoms with van der Waals surface area (Å²) in [6.07, 6.45) is 3.31. The number of thiophene rings is 1. The smallest absolute Gasteiger partial charge is 0.252 e. The Morgan fingerprint density at radius 3 is 2.56 bits per heavy atom. The SMILES string of the molecule is Cc1cc(-c2cc(C(=O)NC3CCN(CC(N)=O)CC3)c3cnn(C(C)C)c3n2)c(C)s1. The first-order valence-electron chi connectivity index (χ1n) is 11.0. The van der Waals surface area contributed by atoms with Gasteiger partial charge in [-0.2, -0.15) is 5.10 Å². The lowest BCUT2D eigenvalue weighted by Crippen LogP contribution is -2.46. The van der Waals surface area contributed by atoms with E-state index in [1.54, 1.807) is 17.5 Å². The molecule has 1 aliphatic heterocycles. The number of fused-ring (bicyclic) bond motifs is 1. The van der Waals surface area contributed by atoms with Crippen molar-refractivity contribution in [3.05, 3.63) is 33.6 Å². The van der Waals surface area contributed by atoms with Crippen molar-refractivity contribution < 1.29 is 9.59 Å². The average molecular weight is 455 g/mol. The summed E-state index contributed by atoms with van der Waals surface area (Å²) in [5.41, 5.74) is 8.47. The highest BCUT2D eigenvalue weighted by Crippen LogP contribution is 2.32. The monoisotopic (exact) mass is 454 g/mol. The maximum Gasteiger partial charge on any atom is 0.252 e. The number of nitrogens with two attached hydrogens (primary N) is 1. The van der Waals surface area contributed by atoms with Crippen molar-refractivity contribution in [3.63, 3.8) is 0 Å². The lowest BCUT2D eigenvalue weighted by molar-refractivity contribution is -0.119. The molecule has 0 bridgehead atoms. The van der Waals surface area contributed by atoms with E-state index in [2.05, 4.69) is 44.2 Å². The molecule has 2 amide bonds. The molecule has 1 aliphatic rings. The van der Waals surface area contributed by atoms with Crippen LogP contribution in [-0.2, 0) is 4.79 Å². The van der Waals surface area contributed by atoms with Crippen LogP contribution in [0.3, 0.4) is 0 Å². The number of carbonyl (C=O) groups is 2. The van der Waals surface area contributed by atoms with Crippen LogP contribution in [0, 0.1) is 13.8 Å². The number of pyridine rings is 1. The summed E-state index contributed by atoms with van der Waals surface area (Å²) in [4.78, 5) is 33.9. The molecule has 4 heterocycles. The number of aryl methyl sites for hydroxylation is 2. The van der Waals surface area contributed by atoms with E-state index >= 15 is 0 Å². The van der Waals surface area contributed by atoms with Crippen LogP contribution < -0.4 is 11.1 Å². The van der Waals surface area contributed by atoms with Crippen molar-refractivity contribution in [1.82, 2.24) is 25.0 Å². The zero-order chi connectivity index (χ0) is 23.0. The highest BCUT2D eigenvalue weighted by atomic mass is 32.1. The summed E-state index contributed by atoms with van der Waals surface area (Å²) in [6, 6.07) is 4.20. The third-order valence-corrected chi connectivity index (χ3v) is 6.89. The fourth-order valence-corrected chi connectivity index (χ4v) is 5.26. The first kappa shape index (κ1) is 22.4. The number of rotatable bonds is 6. The van der Waals surface area contributed by atoms with Crippen molar-refractivity contribution >= 4 is 34.2 Å². The van der Waals surface area contributed by atoms with Gasteiger partial charge in [-0.05, 0) is 52.7 Å². The first-order valence-corrected chi connectivity index (χ1v) is 11.8. The topological polar surface area (TPSA) is 106 Å². The third kappa shape index (κ3) is 4.54. The number of nitrogens with zero attached hydrogens (tertiary/aromatic N) is 4. The summed E-state index contributed by atoms with van der Waals surface area (Å²) in [7, 11) is 0. The summed E-state index contributed by atoms with van der Waals surface area (Å²) in [5.74, 6) is -0.430. The Kier molecular flexibility index (Phi) is 6.30. The fraction of sp³-hybridized carbons (Fsp3) is 0.478. The van der Waals surface area contributed by atoms with Gasteiger partial charge in [0.2, 0.25) is 5.91 Å². The Bertz CT molecular complexity index is 1160. The molecule has 4 rings (SSSR count). The van der Waals surface area contributed by atoms with E-state index in [0.717, 1.165) is 48.2 Å². The van der Waals surface area contributed by atoms with E-state index in [9.17, 15) is 9.59 Å². The van der Waals surface area contributed by atoms with E-state index < -0.39 is 0 Å². The molecule has 0 spiro atoms. The van der Waals surface area contributed by atoms with Gasteiger partial charge < -0.3 is 11.1 Å². The standard InChI is InChI=1S/C23H30N6O2S/c1-13(2)29-22-19(11-25-29)18(10-20(27-22)17-9-14(3)32-15(17)4)23(31)26-16-5-7-28(8-6-16)12-21(24)30/h9-11,13,16H,5-8,12H2,1-4H3,(H2,24,30)(H,26,31). The van der Waals surface area contributed by atoms with Gasteiger partial charge in [0.15, 0.2) is 5.65 Å². The van der Waals surface area contributed by atoms with Crippen molar-refractivity contribution in [2.24, 2.45) is 5.73 Å². The zero-order valence-corrected chi connectivity index (χ0v) is 19.8. The van der Waals surface area contributed by atoms with Crippen LogP contribution in [0.2, 0.25) is 0 Å². The predicted molar refractivity (Wildman–Crippen MR) is 127 cm³/mol. The summed E-state index contributed by atoms with van der Waals surface area (Å²) >= 11 is 1.73. The van der Waals surface area contributed by atoms with Crippen LogP contribution in [0.4, 0.5) is 0 Å². The number of carbonyl (C=O) groups excluding carboxylic acids is 2. The zero-order valence-electron chi connectivity index (χ0n) is 19.0. The highest BCUT2D eigenvalue weighted by molar-refractivity contribution is 7.12. The second kappa shape index (κ2) is 8.99. The highest BCUT2D eigenvalue weighted by Gasteiger charge is 2.24. The van der Waals surface area contributed by atoms with Gasteiger partial charge in [0.05, 0.1) is 29.4 Å². The molecule has 0 radical (unpaired) electrons. The molecule has 9 heteroatoms. The second-order valence-electron chi connectivity index (χ2n) is 8.79. The third-order valence-electron chi connectivity index (χ3n) is 5.92. The normalized spacial score (nSPS) is 15.5. The van der Waals surface area contributed by atoms with Gasteiger partial charge in [0.25, 0.3) is 5.91 Å². The molecule has 0 atom stereocenters. The number of nitrogens with one attached hydrogen (secondary N) is 1. The van der Waals surface area contributed by atoms with Gasteiger partial charge in [-0.3, -0.25) is 14.5 Å².